The second kappa shape index (κ2) is 4.76. The molecule has 1 aliphatic carbocycles. The SMILES string of the molecule is O=c1c2c([nH]n1-c1ccc(Br)cc1)CCCCC2. The molecule has 0 saturated heterocycles. The molecule has 1 aromatic carbocycles. The normalized spacial score (nSPS) is 15.2. The molecule has 18 heavy (non-hydrogen) atoms. The van der Waals surface area contributed by atoms with Gasteiger partial charge in [-0.05, 0) is 49.9 Å². The molecule has 0 radical (unpaired) electrons. The predicted molar refractivity (Wildman–Crippen MR) is 75.3 cm³/mol. The van der Waals surface area contributed by atoms with Crippen LogP contribution in [-0.2, 0) is 12.8 Å². The summed E-state index contributed by atoms with van der Waals surface area (Å²) in [6.07, 6.45) is 5.43. The number of aromatic nitrogens is 2. The summed E-state index contributed by atoms with van der Waals surface area (Å²) in [4.78, 5) is 12.4. The average molecular weight is 307 g/mol. The fourth-order valence-electron chi connectivity index (χ4n) is 2.53. The number of fused-ring (bicyclic) bond motifs is 1. The first-order chi connectivity index (χ1) is 8.75. The molecular weight excluding hydrogens is 292 g/mol. The van der Waals surface area contributed by atoms with Crippen molar-refractivity contribution in [3.8, 4) is 5.69 Å². The molecule has 1 aliphatic rings. The van der Waals surface area contributed by atoms with Crippen molar-refractivity contribution in [1.82, 2.24) is 9.78 Å². The lowest BCUT2D eigenvalue weighted by Crippen LogP contribution is -2.17. The van der Waals surface area contributed by atoms with Gasteiger partial charge in [-0.2, -0.15) is 0 Å². The Bertz CT molecular complexity index is 610. The summed E-state index contributed by atoms with van der Waals surface area (Å²) in [5.74, 6) is 0. The first-order valence-corrected chi connectivity index (χ1v) is 7.14. The number of hydrogen-bond donors (Lipinski definition) is 1. The molecule has 0 saturated carbocycles. The highest BCUT2D eigenvalue weighted by Gasteiger charge is 2.16. The molecule has 2 aromatic rings. The van der Waals surface area contributed by atoms with Crippen LogP contribution in [0.25, 0.3) is 5.69 Å². The van der Waals surface area contributed by atoms with Gasteiger partial charge in [0.1, 0.15) is 0 Å². The molecule has 0 bridgehead atoms. The first kappa shape index (κ1) is 11.8. The number of aryl methyl sites for hydroxylation is 1. The monoisotopic (exact) mass is 306 g/mol. The Morgan fingerprint density at radius 1 is 1.06 bits per heavy atom. The van der Waals surface area contributed by atoms with Crippen LogP contribution < -0.4 is 5.56 Å². The van der Waals surface area contributed by atoms with Crippen LogP contribution in [0.1, 0.15) is 30.5 Å². The topological polar surface area (TPSA) is 37.8 Å². The molecule has 3 rings (SSSR count). The minimum Gasteiger partial charge on any atom is -0.295 e. The van der Waals surface area contributed by atoms with E-state index in [1.807, 2.05) is 24.3 Å². The number of hydrogen-bond acceptors (Lipinski definition) is 1. The van der Waals surface area contributed by atoms with Gasteiger partial charge in [0.15, 0.2) is 0 Å². The van der Waals surface area contributed by atoms with E-state index in [0.29, 0.717) is 0 Å². The fourth-order valence-corrected chi connectivity index (χ4v) is 2.80. The second-order valence-corrected chi connectivity index (χ2v) is 5.66. The number of halogens is 1. The zero-order valence-corrected chi connectivity index (χ0v) is 11.7. The third-order valence-electron chi connectivity index (χ3n) is 3.51. The summed E-state index contributed by atoms with van der Waals surface area (Å²) < 4.78 is 2.69. The lowest BCUT2D eigenvalue weighted by molar-refractivity contribution is 0.690. The van der Waals surface area contributed by atoms with Gasteiger partial charge in [0.2, 0.25) is 0 Å². The van der Waals surface area contributed by atoms with Crippen molar-refractivity contribution in [3.05, 3.63) is 50.3 Å². The van der Waals surface area contributed by atoms with Crippen molar-refractivity contribution in [2.24, 2.45) is 0 Å². The first-order valence-electron chi connectivity index (χ1n) is 6.34. The Hall–Kier alpha value is -1.29. The van der Waals surface area contributed by atoms with Crippen molar-refractivity contribution in [2.75, 3.05) is 0 Å². The molecule has 0 aliphatic heterocycles. The predicted octanol–water partition coefficient (Wildman–Crippen LogP) is 3.20. The lowest BCUT2D eigenvalue weighted by atomic mass is 10.1. The maximum absolute atomic E-state index is 12.4. The molecule has 0 atom stereocenters. The minimum absolute atomic E-state index is 0.120. The lowest BCUT2D eigenvalue weighted by Gasteiger charge is -2.02. The van der Waals surface area contributed by atoms with E-state index in [1.54, 1.807) is 4.68 Å². The van der Waals surface area contributed by atoms with Gasteiger partial charge in [-0.3, -0.25) is 9.89 Å². The van der Waals surface area contributed by atoms with Gasteiger partial charge in [-0.1, -0.05) is 22.4 Å². The molecule has 4 heteroatoms. The van der Waals surface area contributed by atoms with Crippen molar-refractivity contribution in [2.45, 2.75) is 32.1 Å². The Balaban J connectivity index is 2.08. The van der Waals surface area contributed by atoms with Gasteiger partial charge < -0.3 is 0 Å². The van der Waals surface area contributed by atoms with E-state index in [1.165, 1.54) is 12.8 Å². The summed E-state index contributed by atoms with van der Waals surface area (Å²) in [6.45, 7) is 0. The Labute approximate surface area is 114 Å². The van der Waals surface area contributed by atoms with Gasteiger partial charge in [-0.15, -0.1) is 0 Å². The molecule has 1 aromatic heterocycles. The maximum atomic E-state index is 12.4. The minimum atomic E-state index is 0.120. The molecule has 0 spiro atoms. The molecule has 1 N–H and O–H groups in total. The quantitative estimate of drug-likeness (QED) is 0.807. The van der Waals surface area contributed by atoms with Gasteiger partial charge in [0.25, 0.3) is 5.56 Å². The highest BCUT2D eigenvalue weighted by atomic mass is 79.9. The zero-order chi connectivity index (χ0) is 12.5. The molecule has 1 heterocycles. The summed E-state index contributed by atoms with van der Waals surface area (Å²) in [5, 5.41) is 3.27. The van der Waals surface area contributed by atoms with Crippen molar-refractivity contribution < 1.29 is 0 Å². The van der Waals surface area contributed by atoms with E-state index < -0.39 is 0 Å². The zero-order valence-electron chi connectivity index (χ0n) is 10.1. The van der Waals surface area contributed by atoms with E-state index in [4.69, 9.17) is 0 Å². The van der Waals surface area contributed by atoms with Crippen LogP contribution in [0, 0.1) is 0 Å². The number of benzene rings is 1. The number of H-pyrrole nitrogens is 1. The van der Waals surface area contributed by atoms with E-state index in [9.17, 15) is 4.79 Å². The van der Waals surface area contributed by atoms with Crippen LogP contribution in [-0.4, -0.2) is 9.78 Å². The van der Waals surface area contributed by atoms with Crippen LogP contribution in [0.3, 0.4) is 0 Å². The molecule has 0 fully saturated rings. The van der Waals surface area contributed by atoms with Gasteiger partial charge >= 0.3 is 0 Å². The third kappa shape index (κ3) is 2.05. The smallest absolute Gasteiger partial charge is 0.274 e. The van der Waals surface area contributed by atoms with Crippen LogP contribution in [0.15, 0.2) is 33.5 Å². The second-order valence-electron chi connectivity index (χ2n) is 4.75. The molecule has 0 unspecified atom stereocenters. The van der Waals surface area contributed by atoms with Crippen LogP contribution in [0.2, 0.25) is 0 Å². The largest absolute Gasteiger partial charge is 0.295 e. The summed E-state index contributed by atoms with van der Waals surface area (Å²) in [5.41, 5.74) is 3.13. The summed E-state index contributed by atoms with van der Waals surface area (Å²) in [6, 6.07) is 7.80. The molecule has 94 valence electrons. The number of nitrogens with one attached hydrogen (secondary N) is 1. The van der Waals surface area contributed by atoms with Gasteiger partial charge in [0.05, 0.1) is 5.69 Å². The Morgan fingerprint density at radius 3 is 2.56 bits per heavy atom. The van der Waals surface area contributed by atoms with E-state index in [0.717, 1.165) is 40.7 Å². The number of nitrogens with zero attached hydrogens (tertiary/aromatic N) is 1. The number of aromatic amines is 1. The third-order valence-corrected chi connectivity index (χ3v) is 4.04. The summed E-state index contributed by atoms with van der Waals surface area (Å²) in [7, 11) is 0. The van der Waals surface area contributed by atoms with Crippen molar-refractivity contribution in [3.63, 3.8) is 0 Å². The van der Waals surface area contributed by atoms with Crippen molar-refractivity contribution >= 4 is 15.9 Å². The van der Waals surface area contributed by atoms with Gasteiger partial charge in [0, 0.05) is 15.7 Å². The Morgan fingerprint density at radius 2 is 1.78 bits per heavy atom. The van der Waals surface area contributed by atoms with E-state index >= 15 is 0 Å². The molecule has 0 amide bonds. The van der Waals surface area contributed by atoms with Crippen LogP contribution in [0.5, 0.6) is 0 Å². The van der Waals surface area contributed by atoms with E-state index in [2.05, 4.69) is 21.0 Å². The van der Waals surface area contributed by atoms with E-state index in [-0.39, 0.29) is 5.56 Å². The summed E-state index contributed by atoms with van der Waals surface area (Å²) >= 11 is 3.41. The fraction of sp³-hybridized carbons (Fsp3) is 0.357. The Kier molecular flexibility index (Phi) is 3.12. The molecule has 3 nitrogen and oxygen atoms in total. The highest BCUT2D eigenvalue weighted by Crippen LogP contribution is 2.18. The van der Waals surface area contributed by atoms with Crippen LogP contribution in [0.4, 0.5) is 0 Å². The standard InChI is InChI=1S/C14H15BrN2O/c15-10-6-8-11(9-7-10)17-14(18)12-4-2-1-3-5-13(12)16-17/h6-9,16H,1-5H2. The average Bonchev–Trinajstić information content (AvgIpc) is 2.57. The van der Waals surface area contributed by atoms with Crippen LogP contribution >= 0.6 is 15.9 Å². The highest BCUT2D eigenvalue weighted by molar-refractivity contribution is 9.10. The molecular formula is C14H15BrN2O. The van der Waals surface area contributed by atoms with Crippen molar-refractivity contribution in [1.29, 1.82) is 0 Å². The van der Waals surface area contributed by atoms with Gasteiger partial charge in [-0.25, -0.2) is 4.68 Å². The maximum Gasteiger partial charge on any atom is 0.274 e. The number of rotatable bonds is 1.